The third-order valence-corrected chi connectivity index (χ3v) is 6.14. The van der Waals surface area contributed by atoms with E-state index in [1.54, 1.807) is 7.11 Å². The number of benzene rings is 1. The maximum Gasteiger partial charge on any atom is 0.119 e. The Hall–Kier alpha value is -1.85. The molecule has 0 aliphatic carbocycles. The molecule has 1 atom stereocenters. The molecule has 0 saturated carbocycles. The van der Waals surface area contributed by atoms with Crippen LogP contribution in [0.25, 0.3) is 11.3 Å². The van der Waals surface area contributed by atoms with Gasteiger partial charge in [-0.05, 0) is 58.7 Å². The highest BCUT2D eigenvalue weighted by atomic mass is 16.5. The molecule has 4 rings (SSSR count). The summed E-state index contributed by atoms with van der Waals surface area (Å²) >= 11 is 0. The van der Waals surface area contributed by atoms with Crippen molar-refractivity contribution in [1.82, 2.24) is 14.7 Å². The lowest BCUT2D eigenvalue weighted by molar-refractivity contribution is -0.00247. The summed E-state index contributed by atoms with van der Waals surface area (Å²) < 4.78 is 13.4. The number of hydrogen-bond donors (Lipinski definition) is 0. The highest BCUT2D eigenvalue weighted by Crippen LogP contribution is 2.39. The normalized spacial score (nSPS) is 23.4. The number of ether oxygens (including phenoxy) is 2. The number of methoxy groups -OCH3 is 1. The quantitative estimate of drug-likeness (QED) is 0.788. The van der Waals surface area contributed by atoms with Gasteiger partial charge in [0.05, 0.1) is 24.9 Å². The van der Waals surface area contributed by atoms with Crippen molar-refractivity contribution >= 4 is 0 Å². The monoisotopic (exact) mass is 383 g/mol. The predicted octanol–water partition coefficient (Wildman–Crippen LogP) is 4.32. The fraction of sp³-hybridized carbons (Fsp3) is 0.609. The van der Waals surface area contributed by atoms with E-state index in [0.29, 0.717) is 5.41 Å². The van der Waals surface area contributed by atoms with Crippen LogP contribution in [-0.4, -0.2) is 48.1 Å². The van der Waals surface area contributed by atoms with Gasteiger partial charge in [-0.15, -0.1) is 0 Å². The van der Waals surface area contributed by atoms with Gasteiger partial charge in [0.2, 0.25) is 0 Å². The summed E-state index contributed by atoms with van der Waals surface area (Å²) in [5.74, 6) is 0.869. The molecule has 5 heteroatoms. The van der Waals surface area contributed by atoms with Crippen LogP contribution in [0.3, 0.4) is 0 Å². The molecule has 28 heavy (non-hydrogen) atoms. The average Bonchev–Trinajstić information content (AvgIpc) is 3.27. The molecule has 2 aliphatic rings. The molecule has 3 heterocycles. The molecule has 0 N–H and O–H groups in total. The highest BCUT2D eigenvalue weighted by molar-refractivity contribution is 5.64. The first-order valence-electron chi connectivity index (χ1n) is 10.4. The summed E-state index contributed by atoms with van der Waals surface area (Å²) in [7, 11) is 1.71. The van der Waals surface area contributed by atoms with E-state index < -0.39 is 0 Å². The molecule has 1 aromatic carbocycles. The van der Waals surface area contributed by atoms with Crippen molar-refractivity contribution in [3.05, 3.63) is 36.0 Å². The Kier molecular flexibility index (Phi) is 5.23. The van der Waals surface area contributed by atoms with Crippen LogP contribution in [0.1, 0.15) is 45.6 Å². The molecule has 2 aromatic rings. The van der Waals surface area contributed by atoms with Gasteiger partial charge in [0.25, 0.3) is 0 Å². The van der Waals surface area contributed by atoms with Crippen molar-refractivity contribution in [2.24, 2.45) is 5.41 Å². The van der Waals surface area contributed by atoms with Crippen LogP contribution in [0, 0.1) is 5.41 Å². The number of nitrogens with zero attached hydrogens (tertiary/aromatic N) is 3. The van der Waals surface area contributed by atoms with Crippen molar-refractivity contribution < 1.29 is 9.47 Å². The Morgan fingerprint density at radius 2 is 2.11 bits per heavy atom. The van der Waals surface area contributed by atoms with Crippen molar-refractivity contribution in [2.75, 3.05) is 33.4 Å². The molecular formula is C23H33N3O2. The van der Waals surface area contributed by atoms with Gasteiger partial charge in [0.1, 0.15) is 5.75 Å². The molecule has 2 saturated heterocycles. The number of likely N-dealkylation sites (tertiary alicyclic amines) is 1. The van der Waals surface area contributed by atoms with Gasteiger partial charge in [-0.2, -0.15) is 5.10 Å². The first kappa shape index (κ1) is 19.5. The van der Waals surface area contributed by atoms with Gasteiger partial charge < -0.3 is 9.47 Å². The van der Waals surface area contributed by atoms with Gasteiger partial charge >= 0.3 is 0 Å². The predicted molar refractivity (Wildman–Crippen MR) is 112 cm³/mol. The number of hydrogen-bond acceptors (Lipinski definition) is 4. The van der Waals surface area contributed by atoms with Crippen molar-refractivity contribution in [1.29, 1.82) is 0 Å². The van der Waals surface area contributed by atoms with Crippen LogP contribution in [0.2, 0.25) is 0 Å². The SMILES string of the molecule is COc1cccc(-c2nn(C(C)(C)C)cc2CN2CCC3(CCCOC3)C2)c1. The van der Waals surface area contributed by atoms with Crippen molar-refractivity contribution in [3.8, 4) is 17.0 Å². The molecule has 0 bridgehead atoms. The molecular weight excluding hydrogens is 350 g/mol. The summed E-state index contributed by atoms with van der Waals surface area (Å²) in [6.07, 6.45) is 5.98. The topological polar surface area (TPSA) is 39.5 Å². The Balaban J connectivity index is 1.61. The first-order valence-corrected chi connectivity index (χ1v) is 10.4. The zero-order valence-electron chi connectivity index (χ0n) is 17.7. The summed E-state index contributed by atoms with van der Waals surface area (Å²) in [5, 5.41) is 4.98. The molecule has 0 radical (unpaired) electrons. The maximum absolute atomic E-state index is 5.82. The summed E-state index contributed by atoms with van der Waals surface area (Å²) in [6, 6.07) is 8.23. The summed E-state index contributed by atoms with van der Waals surface area (Å²) in [5.41, 5.74) is 3.79. The maximum atomic E-state index is 5.82. The van der Waals surface area contributed by atoms with E-state index in [0.717, 1.165) is 49.9 Å². The van der Waals surface area contributed by atoms with E-state index in [4.69, 9.17) is 14.6 Å². The van der Waals surface area contributed by atoms with Crippen LogP contribution < -0.4 is 4.74 Å². The Bertz CT molecular complexity index is 815. The Morgan fingerprint density at radius 1 is 1.25 bits per heavy atom. The van der Waals surface area contributed by atoms with E-state index >= 15 is 0 Å². The van der Waals surface area contributed by atoms with E-state index in [2.05, 4.69) is 48.7 Å². The van der Waals surface area contributed by atoms with Crippen LogP contribution >= 0.6 is 0 Å². The smallest absolute Gasteiger partial charge is 0.119 e. The van der Waals surface area contributed by atoms with E-state index in [9.17, 15) is 0 Å². The minimum Gasteiger partial charge on any atom is -0.497 e. The largest absolute Gasteiger partial charge is 0.497 e. The highest BCUT2D eigenvalue weighted by Gasteiger charge is 2.39. The number of aromatic nitrogens is 2. The van der Waals surface area contributed by atoms with E-state index in [-0.39, 0.29) is 5.54 Å². The summed E-state index contributed by atoms with van der Waals surface area (Å²) in [6.45, 7) is 11.7. The first-order chi connectivity index (χ1) is 13.4. The third-order valence-electron chi connectivity index (χ3n) is 6.14. The zero-order chi connectivity index (χ0) is 19.8. The second-order valence-electron chi connectivity index (χ2n) is 9.47. The summed E-state index contributed by atoms with van der Waals surface area (Å²) in [4.78, 5) is 2.59. The van der Waals surface area contributed by atoms with Gasteiger partial charge in [0, 0.05) is 42.4 Å². The second kappa shape index (κ2) is 7.53. The third kappa shape index (κ3) is 3.96. The molecule has 1 aromatic heterocycles. The molecule has 2 fully saturated rings. The zero-order valence-corrected chi connectivity index (χ0v) is 17.7. The van der Waals surface area contributed by atoms with Crippen molar-refractivity contribution in [2.45, 2.75) is 52.1 Å². The molecule has 1 spiro atoms. The lowest BCUT2D eigenvalue weighted by atomic mass is 9.82. The lowest BCUT2D eigenvalue weighted by Gasteiger charge is -2.33. The standard InChI is InChI=1S/C23H33N3O2/c1-22(2,3)26-15-19(21(24-26)18-7-5-8-20(13-18)27-4)14-25-11-10-23(16-25)9-6-12-28-17-23/h5,7-8,13,15H,6,9-12,14,16-17H2,1-4H3. The second-order valence-corrected chi connectivity index (χ2v) is 9.47. The van der Waals surface area contributed by atoms with Crippen LogP contribution in [0.15, 0.2) is 30.5 Å². The lowest BCUT2D eigenvalue weighted by Crippen LogP contribution is -2.34. The van der Waals surface area contributed by atoms with Gasteiger partial charge in [-0.1, -0.05) is 12.1 Å². The minimum absolute atomic E-state index is 0.0463. The molecule has 0 amide bonds. The fourth-order valence-corrected chi connectivity index (χ4v) is 4.52. The Labute approximate surface area is 168 Å². The van der Waals surface area contributed by atoms with E-state index in [1.807, 2.05) is 12.1 Å². The van der Waals surface area contributed by atoms with Crippen LogP contribution in [0.4, 0.5) is 0 Å². The fourth-order valence-electron chi connectivity index (χ4n) is 4.52. The van der Waals surface area contributed by atoms with Gasteiger partial charge in [-0.25, -0.2) is 0 Å². The number of rotatable bonds is 4. The van der Waals surface area contributed by atoms with Gasteiger partial charge in [-0.3, -0.25) is 9.58 Å². The van der Waals surface area contributed by atoms with Crippen LogP contribution in [-0.2, 0) is 16.8 Å². The van der Waals surface area contributed by atoms with E-state index in [1.165, 1.54) is 24.8 Å². The molecule has 1 unspecified atom stereocenters. The average molecular weight is 384 g/mol. The molecule has 5 nitrogen and oxygen atoms in total. The van der Waals surface area contributed by atoms with Crippen LogP contribution in [0.5, 0.6) is 5.75 Å². The molecule has 152 valence electrons. The minimum atomic E-state index is -0.0463. The van der Waals surface area contributed by atoms with Gasteiger partial charge in [0.15, 0.2) is 0 Å². The Morgan fingerprint density at radius 3 is 2.82 bits per heavy atom. The van der Waals surface area contributed by atoms with Crippen molar-refractivity contribution in [3.63, 3.8) is 0 Å². The molecule has 2 aliphatic heterocycles.